The number of hydrogen-bond donors (Lipinski definition) is 2. The van der Waals surface area contributed by atoms with E-state index in [4.69, 9.17) is 0 Å². The lowest BCUT2D eigenvalue weighted by Gasteiger charge is -2.22. The Morgan fingerprint density at radius 3 is 2.52 bits per heavy atom. The Bertz CT molecular complexity index is 650. The predicted octanol–water partition coefficient (Wildman–Crippen LogP) is 2.42. The Balaban J connectivity index is 1.83. The first-order chi connectivity index (χ1) is 10.9. The fourth-order valence-corrected chi connectivity index (χ4v) is 4.28. The molecule has 1 aliphatic rings. The van der Waals surface area contributed by atoms with Gasteiger partial charge < -0.3 is 5.32 Å². The molecule has 2 rings (SSSR count). The fraction of sp³-hybridized carbons (Fsp3) is 0.588. The third-order valence-electron chi connectivity index (χ3n) is 4.23. The topological polar surface area (TPSA) is 75.3 Å². The summed E-state index contributed by atoms with van der Waals surface area (Å²) in [6.45, 7) is 3.82. The van der Waals surface area contributed by atoms with Crippen molar-refractivity contribution >= 4 is 15.9 Å². The normalized spacial score (nSPS) is 16.3. The highest BCUT2D eigenvalue weighted by Crippen LogP contribution is 2.18. The molecular formula is C17H26N2O3S. The van der Waals surface area contributed by atoms with Gasteiger partial charge in [0.15, 0.2) is 0 Å². The van der Waals surface area contributed by atoms with E-state index in [1.165, 1.54) is 6.42 Å². The van der Waals surface area contributed by atoms with Gasteiger partial charge in [-0.2, -0.15) is 0 Å². The van der Waals surface area contributed by atoms with Gasteiger partial charge in [-0.25, -0.2) is 13.1 Å². The van der Waals surface area contributed by atoms with Gasteiger partial charge in [0.05, 0.1) is 4.90 Å². The lowest BCUT2D eigenvalue weighted by atomic mass is 9.95. The maximum absolute atomic E-state index is 12.3. The van der Waals surface area contributed by atoms with E-state index in [2.05, 4.69) is 10.0 Å². The summed E-state index contributed by atoms with van der Waals surface area (Å²) in [5.41, 5.74) is 1.73. The van der Waals surface area contributed by atoms with Crippen LogP contribution in [0, 0.1) is 13.8 Å². The number of rotatable bonds is 6. The summed E-state index contributed by atoms with van der Waals surface area (Å²) in [7, 11) is -3.57. The third kappa shape index (κ3) is 5.32. The molecule has 1 fully saturated rings. The average molecular weight is 338 g/mol. The second-order valence-corrected chi connectivity index (χ2v) is 8.05. The molecule has 23 heavy (non-hydrogen) atoms. The van der Waals surface area contributed by atoms with Crippen LogP contribution in [0.2, 0.25) is 0 Å². The zero-order valence-electron chi connectivity index (χ0n) is 13.9. The molecule has 0 heterocycles. The summed E-state index contributed by atoms with van der Waals surface area (Å²) < 4.78 is 27.1. The molecule has 0 radical (unpaired) electrons. The number of carbonyl (C=O) groups is 1. The molecule has 0 bridgehead atoms. The molecule has 1 aromatic carbocycles. The first kappa shape index (κ1) is 17.9. The Morgan fingerprint density at radius 2 is 1.87 bits per heavy atom. The minimum Gasteiger partial charge on any atom is -0.353 e. The quantitative estimate of drug-likeness (QED) is 0.836. The smallest absolute Gasteiger partial charge is 0.240 e. The largest absolute Gasteiger partial charge is 0.353 e. The van der Waals surface area contributed by atoms with E-state index < -0.39 is 10.0 Å². The molecule has 1 saturated carbocycles. The molecule has 0 aliphatic heterocycles. The van der Waals surface area contributed by atoms with E-state index in [-0.39, 0.29) is 29.8 Å². The molecule has 128 valence electrons. The second-order valence-electron chi connectivity index (χ2n) is 6.32. The van der Waals surface area contributed by atoms with E-state index in [9.17, 15) is 13.2 Å². The van der Waals surface area contributed by atoms with Gasteiger partial charge in [-0.3, -0.25) is 4.79 Å². The number of amides is 1. The summed E-state index contributed by atoms with van der Waals surface area (Å²) in [5, 5.41) is 2.99. The molecule has 0 atom stereocenters. The maximum Gasteiger partial charge on any atom is 0.240 e. The van der Waals surface area contributed by atoms with E-state index >= 15 is 0 Å². The van der Waals surface area contributed by atoms with Gasteiger partial charge in [0.25, 0.3) is 0 Å². The van der Waals surface area contributed by atoms with Crippen LogP contribution in [0.5, 0.6) is 0 Å². The minimum atomic E-state index is -3.57. The van der Waals surface area contributed by atoms with Crippen molar-refractivity contribution < 1.29 is 13.2 Å². The van der Waals surface area contributed by atoms with Crippen LogP contribution >= 0.6 is 0 Å². The molecule has 0 spiro atoms. The van der Waals surface area contributed by atoms with Crippen LogP contribution in [0.15, 0.2) is 23.1 Å². The number of benzene rings is 1. The van der Waals surface area contributed by atoms with Crippen molar-refractivity contribution in [2.75, 3.05) is 6.54 Å². The Hall–Kier alpha value is -1.40. The first-order valence-electron chi connectivity index (χ1n) is 8.25. The van der Waals surface area contributed by atoms with Gasteiger partial charge in [0.2, 0.25) is 15.9 Å². The molecule has 5 nitrogen and oxygen atoms in total. The van der Waals surface area contributed by atoms with Crippen molar-refractivity contribution in [2.45, 2.75) is 63.3 Å². The lowest BCUT2D eigenvalue weighted by Crippen LogP contribution is -2.38. The summed E-state index contributed by atoms with van der Waals surface area (Å²) in [5.74, 6) is -0.0831. The molecule has 0 aromatic heterocycles. The van der Waals surface area contributed by atoms with Crippen molar-refractivity contribution in [1.82, 2.24) is 10.0 Å². The highest BCUT2D eigenvalue weighted by atomic mass is 32.2. The van der Waals surface area contributed by atoms with Crippen molar-refractivity contribution in [3.63, 3.8) is 0 Å². The zero-order chi connectivity index (χ0) is 16.9. The second kappa shape index (κ2) is 7.93. The van der Waals surface area contributed by atoms with Crippen molar-refractivity contribution in [2.24, 2.45) is 0 Å². The highest BCUT2D eigenvalue weighted by molar-refractivity contribution is 7.89. The number of aryl methyl sites for hydroxylation is 2. The monoisotopic (exact) mass is 338 g/mol. The van der Waals surface area contributed by atoms with Crippen LogP contribution in [0.1, 0.15) is 49.7 Å². The van der Waals surface area contributed by atoms with Gasteiger partial charge in [-0.05, 0) is 38.3 Å². The van der Waals surface area contributed by atoms with Crippen molar-refractivity contribution in [3.05, 3.63) is 29.3 Å². The van der Waals surface area contributed by atoms with Crippen LogP contribution < -0.4 is 10.0 Å². The zero-order valence-corrected chi connectivity index (χ0v) is 14.7. The number of carbonyl (C=O) groups excluding carboxylic acids is 1. The molecule has 6 heteroatoms. The summed E-state index contributed by atoms with van der Waals surface area (Å²) >= 11 is 0. The minimum absolute atomic E-state index is 0.0831. The maximum atomic E-state index is 12.3. The van der Waals surface area contributed by atoms with Crippen LogP contribution in [-0.4, -0.2) is 26.9 Å². The van der Waals surface area contributed by atoms with Crippen molar-refractivity contribution in [1.29, 1.82) is 0 Å². The van der Waals surface area contributed by atoms with Gasteiger partial charge in [-0.1, -0.05) is 37.0 Å². The van der Waals surface area contributed by atoms with Gasteiger partial charge in [0, 0.05) is 19.0 Å². The molecule has 0 saturated heterocycles. The number of hydrogen-bond acceptors (Lipinski definition) is 3. The van der Waals surface area contributed by atoms with Crippen LogP contribution in [0.25, 0.3) is 0 Å². The standard InChI is InChI=1S/C17H26N2O3S/c1-13-8-9-16(14(2)12-13)23(21,22)18-11-10-17(20)19-15-6-4-3-5-7-15/h8-9,12,15,18H,3-7,10-11H2,1-2H3,(H,19,20). The Kier molecular flexibility index (Phi) is 6.18. The first-order valence-corrected chi connectivity index (χ1v) is 9.73. The van der Waals surface area contributed by atoms with Gasteiger partial charge in [0.1, 0.15) is 0 Å². The Morgan fingerprint density at radius 1 is 1.17 bits per heavy atom. The van der Waals surface area contributed by atoms with Gasteiger partial charge in [-0.15, -0.1) is 0 Å². The SMILES string of the molecule is Cc1ccc(S(=O)(=O)NCCC(=O)NC2CCCCC2)c(C)c1. The van der Waals surface area contributed by atoms with Gasteiger partial charge >= 0.3 is 0 Å². The van der Waals surface area contributed by atoms with E-state index in [1.807, 2.05) is 13.0 Å². The highest BCUT2D eigenvalue weighted by Gasteiger charge is 2.18. The molecular weight excluding hydrogens is 312 g/mol. The summed E-state index contributed by atoms with van der Waals surface area (Å²) in [6, 6.07) is 5.48. The van der Waals surface area contributed by atoms with Crippen molar-refractivity contribution in [3.8, 4) is 0 Å². The van der Waals surface area contributed by atoms with E-state index in [0.29, 0.717) is 5.56 Å². The van der Waals surface area contributed by atoms with E-state index in [0.717, 1.165) is 31.2 Å². The van der Waals surface area contributed by atoms with Crippen LogP contribution in [0.3, 0.4) is 0 Å². The summed E-state index contributed by atoms with van der Waals surface area (Å²) in [4.78, 5) is 12.2. The number of sulfonamides is 1. The molecule has 2 N–H and O–H groups in total. The van der Waals surface area contributed by atoms with E-state index in [1.54, 1.807) is 19.1 Å². The molecule has 1 aromatic rings. The molecule has 1 amide bonds. The third-order valence-corrected chi connectivity index (χ3v) is 5.86. The van der Waals surface area contributed by atoms with Crippen LogP contribution in [-0.2, 0) is 14.8 Å². The molecule has 1 aliphatic carbocycles. The fourth-order valence-electron chi connectivity index (χ4n) is 3.02. The summed E-state index contributed by atoms with van der Waals surface area (Å²) in [6.07, 6.45) is 5.78. The Labute approximate surface area is 138 Å². The number of nitrogens with one attached hydrogen (secondary N) is 2. The average Bonchev–Trinajstić information content (AvgIpc) is 2.47. The van der Waals surface area contributed by atoms with Crippen LogP contribution in [0.4, 0.5) is 0 Å². The predicted molar refractivity (Wildman–Crippen MR) is 90.7 cm³/mol. The lowest BCUT2D eigenvalue weighted by molar-refractivity contribution is -0.121. The molecule has 0 unspecified atom stereocenters.